The third-order valence-electron chi connectivity index (χ3n) is 5.53. The fraction of sp³-hybridized carbons (Fsp3) is 0.417. The van der Waals surface area contributed by atoms with Crippen LogP contribution in [0.1, 0.15) is 37.0 Å². The lowest BCUT2D eigenvalue weighted by atomic mass is 10.1. The van der Waals surface area contributed by atoms with E-state index in [2.05, 4.69) is 5.32 Å². The maximum absolute atomic E-state index is 13.6. The van der Waals surface area contributed by atoms with Crippen molar-refractivity contribution < 1.29 is 18.0 Å². The summed E-state index contributed by atoms with van der Waals surface area (Å²) in [5.74, 6) is -0.816. The Labute approximate surface area is 212 Å². The Hall–Kier alpha value is -2.29. The molecule has 0 heterocycles. The Balaban J connectivity index is 2.47. The van der Waals surface area contributed by atoms with E-state index in [1.807, 2.05) is 19.9 Å². The first kappa shape index (κ1) is 28.0. The zero-order valence-electron chi connectivity index (χ0n) is 20.1. The number of nitrogens with zero attached hydrogens (tertiary/aromatic N) is 2. The van der Waals surface area contributed by atoms with Crippen LogP contribution in [-0.4, -0.2) is 50.5 Å². The molecular formula is C24H31Cl2N3O4S. The highest BCUT2D eigenvalue weighted by molar-refractivity contribution is 7.92. The molecule has 7 nitrogen and oxygen atoms in total. The highest BCUT2D eigenvalue weighted by Gasteiger charge is 2.31. The van der Waals surface area contributed by atoms with Crippen LogP contribution in [0.5, 0.6) is 0 Å². The van der Waals surface area contributed by atoms with E-state index in [1.165, 1.54) is 4.90 Å². The minimum atomic E-state index is -3.78. The lowest BCUT2D eigenvalue weighted by Gasteiger charge is -2.33. The molecule has 0 saturated heterocycles. The number of carbonyl (C=O) groups is 2. The van der Waals surface area contributed by atoms with Crippen molar-refractivity contribution in [2.24, 2.45) is 0 Å². The summed E-state index contributed by atoms with van der Waals surface area (Å²) in [5, 5.41) is 3.45. The highest BCUT2D eigenvalue weighted by atomic mass is 35.5. The first-order valence-corrected chi connectivity index (χ1v) is 13.6. The van der Waals surface area contributed by atoms with Crippen LogP contribution in [-0.2, 0) is 26.2 Å². The number of amides is 2. The number of sulfonamides is 1. The minimum Gasteiger partial charge on any atom is -0.355 e. The van der Waals surface area contributed by atoms with Crippen LogP contribution < -0.4 is 9.62 Å². The van der Waals surface area contributed by atoms with Crippen molar-refractivity contribution in [3.05, 3.63) is 63.1 Å². The van der Waals surface area contributed by atoms with Gasteiger partial charge >= 0.3 is 0 Å². The quantitative estimate of drug-likeness (QED) is 0.498. The van der Waals surface area contributed by atoms with Crippen molar-refractivity contribution in [2.75, 3.05) is 23.7 Å². The molecule has 0 unspecified atom stereocenters. The SMILES string of the molecule is CCNC(=O)[C@H](CC)N(Cc1ccc(Cl)c(Cl)c1)C(=O)CN(c1ccc(C)c(C)c1)S(C)(=O)=O. The van der Waals surface area contributed by atoms with E-state index in [0.29, 0.717) is 34.3 Å². The molecule has 2 aromatic rings. The number of likely N-dealkylation sites (N-methyl/N-ethyl adjacent to an activating group) is 1. The summed E-state index contributed by atoms with van der Waals surface area (Å²) in [7, 11) is -3.78. The maximum Gasteiger partial charge on any atom is 0.244 e. The largest absolute Gasteiger partial charge is 0.355 e. The number of rotatable bonds is 10. The van der Waals surface area contributed by atoms with Gasteiger partial charge in [0.25, 0.3) is 0 Å². The van der Waals surface area contributed by atoms with E-state index < -0.39 is 28.5 Å². The molecule has 186 valence electrons. The number of carbonyl (C=O) groups excluding carboxylic acids is 2. The number of nitrogens with one attached hydrogen (secondary N) is 1. The summed E-state index contributed by atoms with van der Waals surface area (Å²) in [6.45, 7) is 7.41. The van der Waals surface area contributed by atoms with Gasteiger partial charge in [0.05, 0.1) is 22.0 Å². The van der Waals surface area contributed by atoms with E-state index in [0.717, 1.165) is 21.7 Å². The molecule has 1 atom stereocenters. The third kappa shape index (κ3) is 7.10. The van der Waals surface area contributed by atoms with E-state index in [4.69, 9.17) is 23.2 Å². The molecule has 0 spiro atoms. The monoisotopic (exact) mass is 527 g/mol. The number of anilines is 1. The Morgan fingerprint density at radius 3 is 2.21 bits per heavy atom. The van der Waals surface area contributed by atoms with Gasteiger partial charge in [-0.3, -0.25) is 13.9 Å². The Bertz CT molecular complexity index is 1150. The molecule has 0 saturated carbocycles. The first-order chi connectivity index (χ1) is 15.9. The molecule has 2 aromatic carbocycles. The smallest absolute Gasteiger partial charge is 0.244 e. The molecule has 0 aliphatic rings. The lowest BCUT2D eigenvalue weighted by molar-refractivity contribution is -0.140. The van der Waals surface area contributed by atoms with Crippen LogP contribution in [0.4, 0.5) is 5.69 Å². The number of hydrogen-bond donors (Lipinski definition) is 1. The van der Waals surface area contributed by atoms with Gasteiger partial charge < -0.3 is 10.2 Å². The van der Waals surface area contributed by atoms with Gasteiger partial charge in [-0.15, -0.1) is 0 Å². The predicted octanol–water partition coefficient (Wildman–Crippen LogP) is 4.32. The molecule has 0 aliphatic heterocycles. The molecule has 10 heteroatoms. The van der Waals surface area contributed by atoms with Gasteiger partial charge in [0.2, 0.25) is 21.8 Å². The van der Waals surface area contributed by atoms with Gasteiger partial charge in [-0.05, 0) is 68.1 Å². The van der Waals surface area contributed by atoms with Crippen LogP contribution in [0.3, 0.4) is 0 Å². The minimum absolute atomic E-state index is 0.0654. The average Bonchev–Trinajstić information content (AvgIpc) is 2.75. The van der Waals surface area contributed by atoms with Gasteiger partial charge in [-0.2, -0.15) is 0 Å². The average molecular weight is 529 g/mol. The second kappa shape index (κ2) is 11.9. The molecule has 34 heavy (non-hydrogen) atoms. The molecule has 0 radical (unpaired) electrons. The summed E-state index contributed by atoms with van der Waals surface area (Å²) >= 11 is 12.2. The fourth-order valence-electron chi connectivity index (χ4n) is 3.54. The number of hydrogen-bond acceptors (Lipinski definition) is 4. The summed E-state index contributed by atoms with van der Waals surface area (Å²) in [6.07, 6.45) is 1.40. The topological polar surface area (TPSA) is 86.8 Å². The van der Waals surface area contributed by atoms with Crippen LogP contribution in [0.25, 0.3) is 0 Å². The van der Waals surface area contributed by atoms with Crippen molar-refractivity contribution in [1.29, 1.82) is 0 Å². The molecule has 1 N–H and O–H groups in total. The van der Waals surface area contributed by atoms with Gasteiger partial charge in [-0.1, -0.05) is 42.3 Å². The second-order valence-electron chi connectivity index (χ2n) is 8.13. The molecular weight excluding hydrogens is 497 g/mol. The van der Waals surface area contributed by atoms with E-state index in [9.17, 15) is 18.0 Å². The standard InChI is InChI=1S/C24H31Cl2N3O4S/c1-6-22(24(31)27-7-2)28(14-18-9-11-20(25)21(26)13-18)23(30)15-29(34(5,32)33)19-10-8-16(3)17(4)12-19/h8-13,22H,6-7,14-15H2,1-5H3,(H,27,31)/t22-/m0/s1. The number of halogens is 2. The summed E-state index contributed by atoms with van der Waals surface area (Å²) < 4.78 is 26.4. The fourth-order valence-corrected chi connectivity index (χ4v) is 4.70. The van der Waals surface area contributed by atoms with Crippen molar-refractivity contribution in [3.8, 4) is 0 Å². The molecule has 0 aliphatic carbocycles. The summed E-state index contributed by atoms with van der Waals surface area (Å²) in [6, 6.07) is 9.39. The predicted molar refractivity (Wildman–Crippen MR) is 138 cm³/mol. The Kier molecular flexibility index (Phi) is 9.79. The van der Waals surface area contributed by atoms with Crippen LogP contribution in [0, 0.1) is 13.8 Å². The van der Waals surface area contributed by atoms with Gasteiger partial charge in [-0.25, -0.2) is 8.42 Å². The molecule has 0 bridgehead atoms. The molecule has 0 aromatic heterocycles. The van der Waals surface area contributed by atoms with Gasteiger partial charge in [0.1, 0.15) is 12.6 Å². The molecule has 2 rings (SSSR count). The summed E-state index contributed by atoms with van der Waals surface area (Å²) in [5.41, 5.74) is 2.97. The molecule has 0 fully saturated rings. The van der Waals surface area contributed by atoms with E-state index in [1.54, 1.807) is 44.2 Å². The zero-order valence-corrected chi connectivity index (χ0v) is 22.4. The summed E-state index contributed by atoms with van der Waals surface area (Å²) in [4.78, 5) is 27.7. The first-order valence-electron chi connectivity index (χ1n) is 10.9. The van der Waals surface area contributed by atoms with Crippen molar-refractivity contribution >= 4 is 50.7 Å². The number of aryl methyl sites for hydroxylation is 2. The van der Waals surface area contributed by atoms with Crippen LogP contribution in [0.15, 0.2) is 36.4 Å². The Morgan fingerprint density at radius 2 is 1.68 bits per heavy atom. The van der Waals surface area contributed by atoms with Crippen molar-refractivity contribution in [3.63, 3.8) is 0 Å². The van der Waals surface area contributed by atoms with Crippen molar-refractivity contribution in [1.82, 2.24) is 10.2 Å². The van der Waals surface area contributed by atoms with E-state index in [-0.39, 0.29) is 12.5 Å². The zero-order chi connectivity index (χ0) is 25.6. The van der Waals surface area contributed by atoms with Crippen LogP contribution >= 0.6 is 23.2 Å². The Morgan fingerprint density at radius 1 is 1.00 bits per heavy atom. The third-order valence-corrected chi connectivity index (χ3v) is 7.41. The second-order valence-corrected chi connectivity index (χ2v) is 10.8. The van der Waals surface area contributed by atoms with Crippen molar-refractivity contribution in [2.45, 2.75) is 46.7 Å². The van der Waals surface area contributed by atoms with E-state index >= 15 is 0 Å². The number of benzene rings is 2. The van der Waals surface area contributed by atoms with Gasteiger partial charge in [0, 0.05) is 13.1 Å². The maximum atomic E-state index is 13.6. The molecule has 2 amide bonds. The lowest BCUT2D eigenvalue weighted by Crippen LogP contribution is -2.52. The van der Waals surface area contributed by atoms with Gasteiger partial charge in [0.15, 0.2) is 0 Å². The highest BCUT2D eigenvalue weighted by Crippen LogP contribution is 2.25. The van der Waals surface area contributed by atoms with Crippen LogP contribution in [0.2, 0.25) is 10.0 Å². The normalized spacial score (nSPS) is 12.2.